The number of aryl methyl sites for hydroxylation is 1. The molecule has 1 atom stereocenters. The van der Waals surface area contributed by atoms with Crippen LogP contribution < -0.4 is 5.32 Å². The molecule has 2 heterocycles. The van der Waals surface area contributed by atoms with Crippen LogP contribution in [0.3, 0.4) is 0 Å². The molecule has 0 fully saturated rings. The summed E-state index contributed by atoms with van der Waals surface area (Å²) in [5, 5.41) is 2.85. The molecule has 104 valence electrons. The van der Waals surface area contributed by atoms with Crippen LogP contribution in [0, 0.1) is 6.92 Å². The molecule has 5 heteroatoms. The van der Waals surface area contributed by atoms with E-state index >= 15 is 0 Å². The number of rotatable bonds is 3. The number of oxazole rings is 1. The van der Waals surface area contributed by atoms with E-state index in [1.54, 1.807) is 6.92 Å². The number of carbonyl (C=O) groups is 1. The molecule has 0 radical (unpaired) electrons. The number of benzene rings is 1. The smallest absolute Gasteiger partial charge is 0.273 e. The number of nitrogens with one attached hydrogen (secondary N) is 1. The maximum Gasteiger partial charge on any atom is 0.273 e. The van der Waals surface area contributed by atoms with Crippen LogP contribution in [0.15, 0.2) is 35.1 Å². The number of fused-ring (bicyclic) bond motifs is 1. The van der Waals surface area contributed by atoms with Gasteiger partial charge in [0.1, 0.15) is 11.9 Å². The van der Waals surface area contributed by atoms with Gasteiger partial charge in [-0.3, -0.25) is 4.79 Å². The van der Waals surface area contributed by atoms with Crippen molar-refractivity contribution >= 4 is 5.91 Å². The van der Waals surface area contributed by atoms with E-state index in [2.05, 4.69) is 16.4 Å². The third-order valence-electron chi connectivity index (χ3n) is 3.50. The van der Waals surface area contributed by atoms with Crippen LogP contribution in [0.5, 0.6) is 0 Å². The maximum atomic E-state index is 12.0. The van der Waals surface area contributed by atoms with E-state index in [1.165, 1.54) is 12.0 Å². The van der Waals surface area contributed by atoms with E-state index in [0.29, 0.717) is 24.6 Å². The molecule has 2 aromatic rings. The van der Waals surface area contributed by atoms with Crippen LogP contribution in [-0.2, 0) is 11.2 Å². The Morgan fingerprint density at radius 3 is 3.10 bits per heavy atom. The van der Waals surface area contributed by atoms with Crippen LogP contribution in [0.4, 0.5) is 0 Å². The lowest BCUT2D eigenvalue weighted by molar-refractivity contribution is 0.0410. The van der Waals surface area contributed by atoms with E-state index in [9.17, 15) is 4.79 Å². The fraction of sp³-hybridized carbons (Fsp3) is 0.333. The lowest BCUT2D eigenvalue weighted by Crippen LogP contribution is -2.32. The molecule has 1 unspecified atom stereocenters. The molecule has 1 aromatic heterocycles. The lowest BCUT2D eigenvalue weighted by Gasteiger charge is -2.26. The predicted octanol–water partition coefficient (Wildman–Crippen LogP) is 2.03. The quantitative estimate of drug-likeness (QED) is 0.928. The fourth-order valence-electron chi connectivity index (χ4n) is 2.44. The molecular formula is C15H16N2O3. The topological polar surface area (TPSA) is 64.4 Å². The average molecular weight is 272 g/mol. The molecule has 0 saturated heterocycles. The van der Waals surface area contributed by atoms with Gasteiger partial charge < -0.3 is 14.5 Å². The van der Waals surface area contributed by atoms with Gasteiger partial charge in [0.15, 0.2) is 12.1 Å². The number of nitrogens with zero attached hydrogens (tertiary/aromatic N) is 1. The van der Waals surface area contributed by atoms with Crippen LogP contribution in [0.1, 0.15) is 33.5 Å². The first-order valence-electron chi connectivity index (χ1n) is 6.63. The summed E-state index contributed by atoms with van der Waals surface area (Å²) >= 11 is 0. The molecule has 0 bridgehead atoms. The van der Waals surface area contributed by atoms with Crippen molar-refractivity contribution < 1.29 is 13.9 Å². The number of ether oxygens (including phenoxy) is 1. The van der Waals surface area contributed by atoms with Crippen LogP contribution in [0.2, 0.25) is 0 Å². The highest BCUT2D eigenvalue weighted by atomic mass is 16.5. The van der Waals surface area contributed by atoms with Gasteiger partial charge in [-0.1, -0.05) is 24.3 Å². The van der Waals surface area contributed by atoms with Crippen molar-refractivity contribution in [3.8, 4) is 0 Å². The Morgan fingerprint density at radius 1 is 1.45 bits per heavy atom. The second-order valence-corrected chi connectivity index (χ2v) is 4.78. The summed E-state index contributed by atoms with van der Waals surface area (Å²) < 4.78 is 10.8. The zero-order valence-electron chi connectivity index (χ0n) is 11.3. The van der Waals surface area contributed by atoms with Gasteiger partial charge >= 0.3 is 0 Å². The van der Waals surface area contributed by atoms with E-state index < -0.39 is 0 Å². The van der Waals surface area contributed by atoms with Crippen molar-refractivity contribution in [3.05, 3.63) is 53.2 Å². The molecule has 0 spiro atoms. The molecule has 1 aliphatic rings. The molecule has 1 amide bonds. The highest BCUT2D eigenvalue weighted by Gasteiger charge is 2.22. The number of carbonyl (C=O) groups excluding carboxylic acids is 1. The molecule has 1 N–H and O–H groups in total. The average Bonchev–Trinajstić information content (AvgIpc) is 2.91. The summed E-state index contributed by atoms with van der Waals surface area (Å²) in [6.07, 6.45) is 2.09. The number of aromatic nitrogens is 1. The summed E-state index contributed by atoms with van der Waals surface area (Å²) in [6.45, 7) is 2.83. The minimum atomic E-state index is -0.233. The van der Waals surface area contributed by atoms with Gasteiger partial charge in [-0.05, 0) is 24.5 Å². The van der Waals surface area contributed by atoms with Crippen molar-refractivity contribution in [2.75, 3.05) is 13.2 Å². The van der Waals surface area contributed by atoms with Gasteiger partial charge in [-0.15, -0.1) is 0 Å². The van der Waals surface area contributed by atoms with Crippen molar-refractivity contribution in [3.63, 3.8) is 0 Å². The van der Waals surface area contributed by atoms with E-state index in [-0.39, 0.29) is 12.0 Å². The molecule has 20 heavy (non-hydrogen) atoms. The Hall–Kier alpha value is -2.14. The van der Waals surface area contributed by atoms with Crippen molar-refractivity contribution in [1.29, 1.82) is 0 Å². The Balaban J connectivity index is 1.68. The number of amides is 1. The monoisotopic (exact) mass is 272 g/mol. The Labute approximate surface area is 117 Å². The van der Waals surface area contributed by atoms with Gasteiger partial charge in [0.05, 0.1) is 6.61 Å². The van der Waals surface area contributed by atoms with Crippen molar-refractivity contribution in [1.82, 2.24) is 10.3 Å². The molecule has 5 nitrogen and oxygen atoms in total. The first-order chi connectivity index (χ1) is 9.75. The Kier molecular flexibility index (Phi) is 3.52. The molecule has 1 aromatic carbocycles. The SMILES string of the molecule is Cc1ocnc1C(=O)NCC1OCCc2ccccc21. The molecule has 0 aliphatic carbocycles. The van der Waals surface area contributed by atoms with Gasteiger partial charge in [0.25, 0.3) is 5.91 Å². The Bertz CT molecular complexity index is 621. The van der Waals surface area contributed by atoms with E-state index in [1.807, 2.05) is 18.2 Å². The Morgan fingerprint density at radius 2 is 2.30 bits per heavy atom. The third-order valence-corrected chi connectivity index (χ3v) is 3.50. The molecule has 1 aliphatic heterocycles. The fourth-order valence-corrected chi connectivity index (χ4v) is 2.44. The summed E-state index contributed by atoms with van der Waals surface area (Å²) in [5.74, 6) is 0.287. The highest BCUT2D eigenvalue weighted by molar-refractivity contribution is 5.93. The minimum absolute atomic E-state index is 0.101. The third kappa shape index (κ3) is 2.44. The largest absolute Gasteiger partial charge is 0.448 e. The van der Waals surface area contributed by atoms with Crippen molar-refractivity contribution in [2.24, 2.45) is 0 Å². The second kappa shape index (κ2) is 5.46. The first kappa shape index (κ1) is 12.9. The molecule has 0 saturated carbocycles. The number of hydrogen-bond donors (Lipinski definition) is 1. The minimum Gasteiger partial charge on any atom is -0.448 e. The lowest BCUT2D eigenvalue weighted by atomic mass is 9.97. The zero-order chi connectivity index (χ0) is 13.9. The summed E-state index contributed by atoms with van der Waals surface area (Å²) in [5.41, 5.74) is 2.76. The maximum absolute atomic E-state index is 12.0. The first-order valence-corrected chi connectivity index (χ1v) is 6.63. The zero-order valence-corrected chi connectivity index (χ0v) is 11.3. The van der Waals surface area contributed by atoms with Crippen molar-refractivity contribution in [2.45, 2.75) is 19.4 Å². The van der Waals surface area contributed by atoms with Gasteiger partial charge in [-0.2, -0.15) is 0 Å². The van der Waals surface area contributed by atoms with Crippen LogP contribution in [0.25, 0.3) is 0 Å². The van der Waals surface area contributed by atoms with Crippen LogP contribution in [-0.4, -0.2) is 24.0 Å². The van der Waals surface area contributed by atoms with Crippen LogP contribution >= 0.6 is 0 Å². The highest BCUT2D eigenvalue weighted by Crippen LogP contribution is 2.26. The number of hydrogen-bond acceptors (Lipinski definition) is 4. The second-order valence-electron chi connectivity index (χ2n) is 4.78. The van der Waals surface area contributed by atoms with E-state index in [4.69, 9.17) is 9.15 Å². The normalized spacial score (nSPS) is 17.6. The standard InChI is InChI=1S/C15H16N2O3/c1-10-14(17-9-20-10)15(18)16-8-13-12-5-3-2-4-11(12)6-7-19-13/h2-5,9,13H,6-8H2,1H3,(H,16,18). The molecule has 3 rings (SSSR count). The molecular weight excluding hydrogens is 256 g/mol. The van der Waals surface area contributed by atoms with Gasteiger partial charge in [0, 0.05) is 6.54 Å². The van der Waals surface area contributed by atoms with Gasteiger partial charge in [-0.25, -0.2) is 4.98 Å². The predicted molar refractivity (Wildman–Crippen MR) is 72.4 cm³/mol. The summed E-state index contributed by atoms with van der Waals surface area (Å²) in [7, 11) is 0. The van der Waals surface area contributed by atoms with Gasteiger partial charge in [0.2, 0.25) is 0 Å². The van der Waals surface area contributed by atoms with E-state index in [0.717, 1.165) is 12.0 Å². The summed E-state index contributed by atoms with van der Waals surface area (Å²) in [6, 6.07) is 8.17. The summed E-state index contributed by atoms with van der Waals surface area (Å²) in [4.78, 5) is 15.9.